The number of para-hydroxylation sites is 2. The van der Waals surface area contributed by atoms with Crippen LogP contribution in [0.25, 0.3) is 11.4 Å². The van der Waals surface area contributed by atoms with Crippen molar-refractivity contribution >= 4 is 0 Å². The van der Waals surface area contributed by atoms with Gasteiger partial charge in [-0.3, -0.25) is 0 Å². The van der Waals surface area contributed by atoms with E-state index >= 15 is 0 Å². The van der Waals surface area contributed by atoms with Crippen molar-refractivity contribution in [3.05, 3.63) is 76.4 Å². The maximum Gasteiger partial charge on any atom is 0.254 e. The smallest absolute Gasteiger partial charge is 0.254 e. The Hall–Kier alpha value is -1.87. The van der Waals surface area contributed by atoms with Gasteiger partial charge in [0.05, 0.1) is 0 Å². The van der Waals surface area contributed by atoms with Gasteiger partial charge in [0.2, 0.25) is 0 Å². The summed E-state index contributed by atoms with van der Waals surface area (Å²) in [6, 6.07) is 13.6. The lowest BCUT2D eigenvalue weighted by Crippen LogP contribution is -3.00. The Labute approximate surface area is 206 Å². The van der Waals surface area contributed by atoms with E-state index in [1.165, 1.54) is 45.0 Å². The van der Waals surface area contributed by atoms with Gasteiger partial charge in [0.15, 0.2) is 0 Å². The van der Waals surface area contributed by atoms with Crippen molar-refractivity contribution in [2.75, 3.05) is 0 Å². The normalized spacial score (nSPS) is 11.7. The van der Waals surface area contributed by atoms with Crippen LogP contribution in [0, 0.1) is 13.8 Å². The summed E-state index contributed by atoms with van der Waals surface area (Å²) in [4.78, 5) is 0. The molecule has 0 unspecified atom stereocenters. The Bertz CT molecular complexity index is 935. The van der Waals surface area contributed by atoms with E-state index in [0.29, 0.717) is 23.7 Å². The molecule has 1 aromatic heterocycles. The van der Waals surface area contributed by atoms with Gasteiger partial charge in [-0.2, -0.15) is 9.13 Å². The highest BCUT2D eigenvalue weighted by Gasteiger charge is 2.28. The minimum atomic E-state index is 0. The Morgan fingerprint density at radius 1 is 0.625 bits per heavy atom. The zero-order valence-corrected chi connectivity index (χ0v) is 23.2. The molecule has 0 aliphatic rings. The largest absolute Gasteiger partial charge is 1.00 e. The van der Waals surface area contributed by atoms with Crippen LogP contribution in [-0.4, -0.2) is 4.57 Å². The summed E-state index contributed by atoms with van der Waals surface area (Å²) < 4.78 is 4.89. The molecule has 0 atom stereocenters. The van der Waals surface area contributed by atoms with Crippen molar-refractivity contribution in [2.45, 2.75) is 92.9 Å². The lowest BCUT2D eigenvalue weighted by molar-refractivity contribution is -0.602. The van der Waals surface area contributed by atoms with Crippen LogP contribution in [0.3, 0.4) is 0 Å². The zero-order chi connectivity index (χ0) is 23.0. The van der Waals surface area contributed by atoms with Crippen LogP contribution in [0.2, 0.25) is 0 Å². The highest BCUT2D eigenvalue weighted by molar-refractivity contribution is 5.52. The van der Waals surface area contributed by atoms with Crippen LogP contribution in [0.15, 0.2) is 42.7 Å². The van der Waals surface area contributed by atoms with Crippen molar-refractivity contribution < 1.29 is 21.5 Å². The standard InChI is InChI=1S/C29H41N2.BrH/c1-18(2)24-13-11-14-25(19(3)4)28(24)30-17-31(23(10)22(30)9)29-26(20(5)6)15-12-16-27(29)21(7)8;/h11-21H,1-10H3;1H/q+1;/p-1. The molecule has 0 saturated carbocycles. The third-order valence-electron chi connectivity index (χ3n) is 6.64. The predicted octanol–water partition coefficient (Wildman–Crippen LogP) is 4.87. The predicted molar refractivity (Wildman–Crippen MR) is 133 cm³/mol. The number of halogens is 1. The van der Waals surface area contributed by atoms with Gasteiger partial charge in [0.25, 0.3) is 6.33 Å². The molecule has 2 aromatic carbocycles. The fraction of sp³-hybridized carbons (Fsp3) is 0.483. The lowest BCUT2D eigenvalue weighted by Gasteiger charge is -2.17. The number of hydrogen-bond donors (Lipinski definition) is 0. The molecular weight excluding hydrogens is 456 g/mol. The van der Waals surface area contributed by atoms with E-state index in [9.17, 15) is 0 Å². The first-order chi connectivity index (χ1) is 14.6. The number of benzene rings is 2. The highest BCUT2D eigenvalue weighted by atomic mass is 79.9. The summed E-state index contributed by atoms with van der Waals surface area (Å²) >= 11 is 0. The highest BCUT2D eigenvalue weighted by Crippen LogP contribution is 2.33. The topological polar surface area (TPSA) is 8.81 Å². The molecule has 1 heterocycles. The Morgan fingerprint density at radius 2 is 1.00 bits per heavy atom. The van der Waals surface area contributed by atoms with Gasteiger partial charge in [-0.15, -0.1) is 0 Å². The second-order valence-corrected chi connectivity index (χ2v) is 10.2. The summed E-state index contributed by atoms with van der Waals surface area (Å²) in [6.07, 6.45) is 2.34. The molecule has 3 heteroatoms. The molecule has 0 saturated heterocycles. The van der Waals surface area contributed by atoms with E-state index in [4.69, 9.17) is 0 Å². The maximum atomic E-state index is 2.45. The Balaban J connectivity index is 0.00000363. The molecule has 0 bridgehead atoms. The van der Waals surface area contributed by atoms with Crippen molar-refractivity contribution in [3.63, 3.8) is 0 Å². The van der Waals surface area contributed by atoms with Crippen LogP contribution in [0.5, 0.6) is 0 Å². The van der Waals surface area contributed by atoms with Crippen LogP contribution < -0.4 is 21.5 Å². The average molecular weight is 498 g/mol. The van der Waals surface area contributed by atoms with Crippen molar-refractivity contribution in [2.24, 2.45) is 0 Å². The number of nitrogens with zero attached hydrogens (tertiary/aromatic N) is 2. The first-order valence-electron chi connectivity index (χ1n) is 11.9. The van der Waals surface area contributed by atoms with Gasteiger partial charge < -0.3 is 17.0 Å². The van der Waals surface area contributed by atoms with Crippen LogP contribution in [-0.2, 0) is 0 Å². The number of rotatable bonds is 6. The summed E-state index contributed by atoms with van der Waals surface area (Å²) in [7, 11) is 0. The summed E-state index contributed by atoms with van der Waals surface area (Å²) in [5.41, 5.74) is 11.0. The fourth-order valence-electron chi connectivity index (χ4n) is 4.67. The van der Waals surface area contributed by atoms with Gasteiger partial charge >= 0.3 is 0 Å². The summed E-state index contributed by atoms with van der Waals surface area (Å²) in [6.45, 7) is 22.9. The van der Waals surface area contributed by atoms with Gasteiger partial charge in [0, 0.05) is 36.1 Å². The quantitative estimate of drug-likeness (QED) is 0.430. The molecule has 0 aliphatic heterocycles. The van der Waals surface area contributed by atoms with Crippen LogP contribution in [0.4, 0.5) is 0 Å². The van der Waals surface area contributed by atoms with E-state index < -0.39 is 0 Å². The number of aromatic nitrogens is 2. The Morgan fingerprint density at radius 3 is 1.38 bits per heavy atom. The van der Waals surface area contributed by atoms with Crippen molar-refractivity contribution in [1.82, 2.24) is 4.57 Å². The molecule has 0 aliphatic carbocycles. The van der Waals surface area contributed by atoms with Crippen LogP contribution in [0.1, 0.15) is 113 Å². The minimum Gasteiger partial charge on any atom is -1.00 e. The van der Waals surface area contributed by atoms with E-state index in [0.717, 1.165) is 0 Å². The first kappa shape index (κ1) is 26.4. The Kier molecular flexibility index (Phi) is 8.56. The van der Waals surface area contributed by atoms with Crippen molar-refractivity contribution in [3.8, 4) is 11.4 Å². The maximum absolute atomic E-state index is 2.45. The zero-order valence-electron chi connectivity index (χ0n) is 21.6. The first-order valence-corrected chi connectivity index (χ1v) is 11.9. The summed E-state index contributed by atoms with van der Waals surface area (Å²) in [5, 5.41) is 0. The third-order valence-corrected chi connectivity index (χ3v) is 6.64. The number of hydrogen-bond acceptors (Lipinski definition) is 0. The number of imidazole rings is 1. The SMILES string of the molecule is Cc1c(C)[n+](-c2c(C(C)C)cccc2C(C)C)cn1-c1c(C(C)C)cccc1C(C)C.[Br-]. The molecule has 0 N–H and O–H groups in total. The fourth-order valence-corrected chi connectivity index (χ4v) is 4.67. The molecule has 3 rings (SSSR count). The minimum absolute atomic E-state index is 0. The second-order valence-electron chi connectivity index (χ2n) is 10.2. The monoisotopic (exact) mass is 496 g/mol. The van der Waals surface area contributed by atoms with E-state index in [1.54, 1.807) is 0 Å². The average Bonchev–Trinajstić information content (AvgIpc) is 3.00. The van der Waals surface area contributed by atoms with Crippen molar-refractivity contribution in [1.29, 1.82) is 0 Å². The molecular formula is C29H41BrN2. The van der Waals surface area contributed by atoms with Gasteiger partial charge in [-0.1, -0.05) is 91.8 Å². The molecule has 0 spiro atoms. The van der Waals surface area contributed by atoms with Gasteiger partial charge in [0.1, 0.15) is 22.8 Å². The second kappa shape index (κ2) is 10.4. The summed E-state index contributed by atoms with van der Waals surface area (Å²) in [5.74, 6) is 1.88. The molecule has 0 fully saturated rings. The van der Waals surface area contributed by atoms with E-state index in [1.807, 2.05) is 0 Å². The molecule has 0 radical (unpaired) electrons. The van der Waals surface area contributed by atoms with E-state index in [2.05, 4.69) is 121 Å². The van der Waals surface area contributed by atoms with Gasteiger partial charge in [-0.05, 0) is 23.7 Å². The third kappa shape index (κ3) is 4.73. The molecule has 0 amide bonds. The lowest BCUT2D eigenvalue weighted by atomic mass is 9.92. The molecule has 32 heavy (non-hydrogen) atoms. The van der Waals surface area contributed by atoms with Crippen LogP contribution >= 0.6 is 0 Å². The van der Waals surface area contributed by atoms with Gasteiger partial charge in [-0.25, -0.2) is 0 Å². The molecule has 174 valence electrons. The van der Waals surface area contributed by atoms with E-state index in [-0.39, 0.29) is 17.0 Å². The molecule has 2 nitrogen and oxygen atoms in total. The molecule has 3 aromatic rings.